The van der Waals surface area contributed by atoms with Crippen molar-refractivity contribution >= 4 is 11.4 Å². The molecule has 438 valence electrons. The second-order valence-electron chi connectivity index (χ2n) is 22.0. The minimum atomic E-state index is -1.20. The SMILES string of the molecule is c1ccc(-c2nc(-c3ccccc3)c(-c3ccccc3)[nH]2)cc1.c1ccc(-c2nc(-c3ccccc3)c(-c3ccccc3)[nH]2)cc1.c1ccc(C2=NC(c3ccccc3)(n3c(-c4ccccc4)nc(-c4ccccc4)c3-c3ccccc3)N=C2c2ccccc2)cc1. The topological polar surface area (TPSA) is 99.9 Å². The van der Waals surface area contributed by atoms with Crippen molar-refractivity contribution in [2.24, 2.45) is 9.98 Å². The first-order chi connectivity index (χ1) is 45.6. The van der Waals surface area contributed by atoms with Crippen LogP contribution in [0.5, 0.6) is 0 Å². The van der Waals surface area contributed by atoms with Gasteiger partial charge in [0.1, 0.15) is 17.5 Å². The molecule has 8 heteroatoms. The molecule has 0 bridgehead atoms. The molecule has 12 aromatic carbocycles. The van der Waals surface area contributed by atoms with E-state index in [-0.39, 0.29) is 0 Å². The summed E-state index contributed by atoms with van der Waals surface area (Å²) in [5.74, 6) is 1.37. The number of aromatic amines is 2. The fraction of sp³-hybridized carbons (Fsp3) is 0.0119. The average molecular weight is 1180 g/mol. The molecule has 0 atom stereocenters. The van der Waals surface area contributed by atoms with Gasteiger partial charge >= 0.3 is 0 Å². The summed E-state index contributed by atoms with van der Waals surface area (Å²) in [6.07, 6.45) is 0. The predicted molar refractivity (Wildman–Crippen MR) is 378 cm³/mol. The maximum absolute atomic E-state index is 5.70. The van der Waals surface area contributed by atoms with Crippen LogP contribution in [0.2, 0.25) is 0 Å². The van der Waals surface area contributed by atoms with Crippen LogP contribution in [0.4, 0.5) is 0 Å². The Bertz CT molecular complexity index is 4560. The van der Waals surface area contributed by atoms with Crippen LogP contribution in [0, 0.1) is 0 Å². The van der Waals surface area contributed by atoms with Crippen molar-refractivity contribution in [3.63, 3.8) is 0 Å². The van der Waals surface area contributed by atoms with E-state index in [1.807, 2.05) is 146 Å². The van der Waals surface area contributed by atoms with Crippen molar-refractivity contribution in [2.45, 2.75) is 5.79 Å². The van der Waals surface area contributed by atoms with Crippen molar-refractivity contribution in [1.82, 2.24) is 29.5 Å². The van der Waals surface area contributed by atoms with E-state index in [9.17, 15) is 0 Å². The average Bonchev–Trinajstić information content (AvgIpc) is 1.55. The molecule has 4 heterocycles. The van der Waals surface area contributed by atoms with Crippen LogP contribution in [0.3, 0.4) is 0 Å². The number of nitrogens with zero attached hydrogens (tertiary/aromatic N) is 6. The minimum absolute atomic E-state index is 0.788. The number of benzene rings is 12. The molecule has 3 aromatic heterocycles. The molecule has 2 N–H and O–H groups in total. The van der Waals surface area contributed by atoms with E-state index in [0.29, 0.717) is 0 Å². The van der Waals surface area contributed by atoms with E-state index >= 15 is 0 Å². The number of imidazole rings is 3. The van der Waals surface area contributed by atoms with E-state index in [4.69, 9.17) is 24.9 Å². The third-order valence-electron chi connectivity index (χ3n) is 16.1. The maximum Gasteiger partial charge on any atom is 0.261 e. The van der Waals surface area contributed by atoms with Crippen LogP contribution in [0.25, 0.3) is 102 Å². The quantitative estimate of drug-likeness (QED) is 0.120. The summed E-state index contributed by atoms with van der Waals surface area (Å²) in [7, 11) is 0. The van der Waals surface area contributed by atoms with Crippen LogP contribution in [-0.2, 0) is 5.79 Å². The Labute approximate surface area is 536 Å². The zero-order chi connectivity index (χ0) is 61.7. The van der Waals surface area contributed by atoms with Crippen LogP contribution in [-0.4, -0.2) is 40.9 Å². The summed E-state index contributed by atoms with van der Waals surface area (Å²) in [5, 5.41) is 0. The highest BCUT2D eigenvalue weighted by molar-refractivity contribution is 6.54. The Morgan fingerprint density at radius 1 is 0.228 bits per heavy atom. The number of hydrogen-bond donors (Lipinski definition) is 2. The number of aromatic nitrogens is 6. The van der Waals surface area contributed by atoms with Crippen LogP contribution in [0.15, 0.2) is 374 Å². The van der Waals surface area contributed by atoms with Gasteiger partial charge in [-0.25, -0.2) is 24.9 Å². The molecule has 16 rings (SSSR count). The first kappa shape index (κ1) is 57.4. The molecule has 0 saturated heterocycles. The second kappa shape index (κ2) is 26.9. The normalized spacial score (nSPS) is 12.1. The van der Waals surface area contributed by atoms with Gasteiger partial charge in [0.2, 0.25) is 0 Å². The van der Waals surface area contributed by atoms with E-state index in [0.717, 1.165) is 130 Å². The highest BCUT2D eigenvalue weighted by Crippen LogP contribution is 2.47. The predicted octanol–water partition coefficient (Wildman–Crippen LogP) is 20.4. The summed E-state index contributed by atoms with van der Waals surface area (Å²) in [4.78, 5) is 33.6. The maximum atomic E-state index is 5.70. The summed E-state index contributed by atoms with van der Waals surface area (Å²) < 4.78 is 2.26. The molecule has 1 aliphatic rings. The zero-order valence-corrected chi connectivity index (χ0v) is 50.3. The van der Waals surface area contributed by atoms with Crippen LogP contribution >= 0.6 is 0 Å². The largest absolute Gasteiger partial charge is 0.337 e. The van der Waals surface area contributed by atoms with Crippen molar-refractivity contribution in [1.29, 1.82) is 0 Å². The Morgan fingerprint density at radius 3 is 0.826 bits per heavy atom. The molecule has 92 heavy (non-hydrogen) atoms. The Morgan fingerprint density at radius 2 is 0.489 bits per heavy atom. The first-order valence-corrected chi connectivity index (χ1v) is 30.8. The van der Waals surface area contributed by atoms with Gasteiger partial charge in [0, 0.05) is 66.8 Å². The number of aliphatic imine (C=N–C) groups is 2. The lowest BCUT2D eigenvalue weighted by Gasteiger charge is -2.30. The molecule has 0 unspecified atom stereocenters. The van der Waals surface area contributed by atoms with Gasteiger partial charge < -0.3 is 9.97 Å². The third-order valence-corrected chi connectivity index (χ3v) is 16.1. The van der Waals surface area contributed by atoms with E-state index in [1.165, 1.54) is 0 Å². The monoisotopic (exact) mass is 1180 g/mol. The molecule has 8 nitrogen and oxygen atoms in total. The first-order valence-electron chi connectivity index (χ1n) is 30.8. The molecule has 1 aliphatic heterocycles. The molecular weight excluding hydrogens is 1120 g/mol. The molecular formula is C84H62N8. The Kier molecular flexibility index (Phi) is 16.8. The van der Waals surface area contributed by atoms with Crippen LogP contribution < -0.4 is 0 Å². The van der Waals surface area contributed by atoms with Gasteiger partial charge in [-0.15, -0.1) is 0 Å². The highest BCUT2D eigenvalue weighted by atomic mass is 15.4. The number of hydrogen-bond acceptors (Lipinski definition) is 5. The number of rotatable bonds is 13. The van der Waals surface area contributed by atoms with E-state index in [2.05, 4.69) is 233 Å². The fourth-order valence-electron chi connectivity index (χ4n) is 11.7. The minimum Gasteiger partial charge on any atom is -0.337 e. The Hall–Kier alpha value is -12.4. The van der Waals surface area contributed by atoms with Gasteiger partial charge in [0.05, 0.1) is 45.6 Å². The molecule has 0 aliphatic carbocycles. The summed E-state index contributed by atoms with van der Waals surface area (Å²) >= 11 is 0. The smallest absolute Gasteiger partial charge is 0.261 e. The molecule has 0 amide bonds. The lowest BCUT2D eigenvalue weighted by Crippen LogP contribution is -2.31. The van der Waals surface area contributed by atoms with Crippen molar-refractivity contribution in [3.8, 4) is 102 Å². The lowest BCUT2D eigenvalue weighted by atomic mass is 10.0. The van der Waals surface area contributed by atoms with Gasteiger partial charge in [-0.05, 0) is 0 Å². The molecule has 0 radical (unpaired) electrons. The lowest BCUT2D eigenvalue weighted by molar-refractivity contribution is 0.409. The van der Waals surface area contributed by atoms with Crippen LogP contribution in [0.1, 0.15) is 16.7 Å². The zero-order valence-electron chi connectivity index (χ0n) is 50.3. The third kappa shape index (κ3) is 12.2. The van der Waals surface area contributed by atoms with Crippen molar-refractivity contribution in [2.75, 3.05) is 0 Å². The molecule has 0 fully saturated rings. The molecule has 0 spiro atoms. The fourth-order valence-corrected chi connectivity index (χ4v) is 11.7. The second-order valence-corrected chi connectivity index (χ2v) is 22.0. The number of H-pyrrole nitrogens is 2. The summed E-state index contributed by atoms with van der Waals surface area (Å²) in [6.45, 7) is 0. The van der Waals surface area contributed by atoms with Crippen molar-refractivity contribution in [3.05, 3.63) is 381 Å². The van der Waals surface area contributed by atoms with E-state index < -0.39 is 5.79 Å². The van der Waals surface area contributed by atoms with Gasteiger partial charge in [0.25, 0.3) is 5.79 Å². The summed E-state index contributed by atoms with van der Waals surface area (Å²) in [5.41, 5.74) is 20.3. The molecule has 0 saturated carbocycles. The van der Waals surface area contributed by atoms with Gasteiger partial charge in [-0.1, -0.05) is 364 Å². The molecule has 15 aromatic rings. The van der Waals surface area contributed by atoms with E-state index in [1.54, 1.807) is 0 Å². The van der Waals surface area contributed by atoms with Gasteiger partial charge in [-0.3, -0.25) is 4.57 Å². The summed E-state index contributed by atoms with van der Waals surface area (Å²) in [6, 6.07) is 124. The van der Waals surface area contributed by atoms with Gasteiger partial charge in [0.15, 0.2) is 0 Å². The standard InChI is InChI=1S/C42H30N4.2C21H16N2/c1-7-19-31(20-8-1)37-38(32-21-9-2-10-22-32)45-42(44-37,36-29-17-6-18-30-36)46-40(34-25-13-4-14-26-34)39(33-23-11-3-12-24-33)43-41(46)35-27-15-5-16-28-35;2*1-4-10-16(11-5-1)19-20(17-12-6-2-7-13-17)23-21(22-19)18-14-8-3-9-15-18/h1-30H;2*1-15H,(H,22,23). The Balaban J connectivity index is 0.000000133. The highest BCUT2D eigenvalue weighted by Gasteiger charge is 2.45. The van der Waals surface area contributed by atoms with Gasteiger partial charge in [-0.2, -0.15) is 0 Å². The number of nitrogens with one attached hydrogen (secondary N) is 2. The van der Waals surface area contributed by atoms with Crippen molar-refractivity contribution < 1.29 is 0 Å².